The largest absolute Gasteiger partial charge is 0.491 e. The zero-order valence-corrected chi connectivity index (χ0v) is 17.9. The Bertz CT molecular complexity index is 719. The first-order chi connectivity index (χ1) is 14.4. The number of allylic oxidation sites excluding steroid dienone is 2. The van der Waals surface area contributed by atoms with E-state index in [-0.39, 0.29) is 24.4 Å². The van der Waals surface area contributed by atoms with Crippen molar-refractivity contribution in [3.8, 4) is 5.75 Å². The number of hydrogen-bond acceptors (Lipinski definition) is 6. The molecule has 0 aliphatic heterocycles. The van der Waals surface area contributed by atoms with E-state index in [9.17, 15) is 20.1 Å². The molecule has 0 unspecified atom stereocenters. The molecule has 3 N–H and O–H groups in total. The van der Waals surface area contributed by atoms with Crippen LogP contribution in [0.1, 0.15) is 32.1 Å². The van der Waals surface area contributed by atoms with Gasteiger partial charge in [0.15, 0.2) is 0 Å². The summed E-state index contributed by atoms with van der Waals surface area (Å²) in [6.45, 7) is 0.0625. The van der Waals surface area contributed by atoms with Crippen LogP contribution in [-0.2, 0) is 9.53 Å². The Kier molecular flexibility index (Phi) is 10.4. The lowest BCUT2D eigenvalue weighted by atomic mass is 9.89. The van der Waals surface area contributed by atoms with E-state index in [1.54, 1.807) is 36.4 Å². The first-order valence-corrected chi connectivity index (χ1v) is 10.6. The standard InChI is InChI=1S/C23H31ClO6/c1-29-23(28)10-5-3-2-4-9-19-20(22(27)14-21(19)26)12-11-17(25)15-30-18-8-6-7-16(24)13-18/h2,4,6-8,11-13,17,19-22,25-27H,3,5,9-10,14-15H2,1H3/b4-2-,12-11+/t17-,19+,20-,21+,22-/m1/s1. The predicted octanol–water partition coefficient (Wildman–Crippen LogP) is 3.28. The molecule has 1 aliphatic rings. The van der Waals surface area contributed by atoms with Crippen molar-refractivity contribution in [2.24, 2.45) is 11.8 Å². The summed E-state index contributed by atoms with van der Waals surface area (Å²) < 4.78 is 10.1. The van der Waals surface area contributed by atoms with Crippen LogP contribution in [0, 0.1) is 11.8 Å². The number of aliphatic hydroxyl groups is 3. The molecule has 1 aromatic rings. The summed E-state index contributed by atoms with van der Waals surface area (Å²) in [7, 11) is 1.37. The molecule has 0 bridgehead atoms. The quantitative estimate of drug-likeness (QED) is 0.279. The summed E-state index contributed by atoms with van der Waals surface area (Å²) in [6.07, 6.45) is 7.98. The van der Waals surface area contributed by atoms with E-state index in [4.69, 9.17) is 16.3 Å². The lowest BCUT2D eigenvalue weighted by Gasteiger charge is -2.19. The third-order valence-electron chi connectivity index (χ3n) is 5.24. The number of benzene rings is 1. The van der Waals surface area contributed by atoms with Crippen LogP contribution in [0.15, 0.2) is 48.6 Å². The summed E-state index contributed by atoms with van der Waals surface area (Å²) in [5.41, 5.74) is 0. The van der Waals surface area contributed by atoms with Gasteiger partial charge in [0.05, 0.1) is 19.3 Å². The summed E-state index contributed by atoms with van der Waals surface area (Å²) in [4.78, 5) is 11.1. The van der Waals surface area contributed by atoms with E-state index in [0.29, 0.717) is 36.5 Å². The third-order valence-corrected chi connectivity index (χ3v) is 5.48. The highest BCUT2D eigenvalue weighted by Gasteiger charge is 2.39. The average molecular weight is 439 g/mol. The molecule has 1 saturated carbocycles. The zero-order valence-electron chi connectivity index (χ0n) is 17.2. The summed E-state index contributed by atoms with van der Waals surface area (Å²) in [6, 6.07) is 6.94. The molecule has 1 aliphatic carbocycles. The van der Waals surface area contributed by atoms with Gasteiger partial charge >= 0.3 is 5.97 Å². The highest BCUT2D eigenvalue weighted by Crippen LogP contribution is 2.36. The van der Waals surface area contributed by atoms with Gasteiger partial charge in [-0.3, -0.25) is 4.79 Å². The highest BCUT2D eigenvalue weighted by atomic mass is 35.5. The molecule has 0 saturated heterocycles. The average Bonchev–Trinajstić information content (AvgIpc) is 2.99. The SMILES string of the molecule is COC(=O)CCC/C=C\C[C@H]1[C@@H](/C=C/[C@@H](O)COc2cccc(Cl)c2)[C@H](O)C[C@@H]1O. The second-order valence-corrected chi connectivity index (χ2v) is 7.94. The molecule has 0 spiro atoms. The lowest BCUT2D eigenvalue weighted by molar-refractivity contribution is -0.140. The minimum atomic E-state index is -0.844. The maximum Gasteiger partial charge on any atom is 0.305 e. The maximum atomic E-state index is 11.1. The summed E-state index contributed by atoms with van der Waals surface area (Å²) in [5, 5.41) is 31.3. The van der Waals surface area contributed by atoms with Crippen molar-refractivity contribution in [3.63, 3.8) is 0 Å². The lowest BCUT2D eigenvalue weighted by Crippen LogP contribution is -2.21. The van der Waals surface area contributed by atoms with Crippen molar-refractivity contribution in [2.75, 3.05) is 13.7 Å². The molecule has 0 aromatic heterocycles. The first-order valence-electron chi connectivity index (χ1n) is 10.2. The number of ether oxygens (including phenoxy) is 2. The van der Waals surface area contributed by atoms with Crippen molar-refractivity contribution in [1.82, 2.24) is 0 Å². The fourth-order valence-electron chi connectivity index (χ4n) is 3.59. The zero-order chi connectivity index (χ0) is 21.9. The van der Waals surface area contributed by atoms with E-state index in [2.05, 4.69) is 4.74 Å². The molecule has 166 valence electrons. The van der Waals surface area contributed by atoms with Crippen LogP contribution in [0.5, 0.6) is 5.75 Å². The fraction of sp³-hybridized carbons (Fsp3) is 0.522. The minimum Gasteiger partial charge on any atom is -0.491 e. The molecule has 30 heavy (non-hydrogen) atoms. The number of hydrogen-bond donors (Lipinski definition) is 3. The van der Waals surface area contributed by atoms with E-state index in [0.717, 1.165) is 6.42 Å². The molecule has 1 fully saturated rings. The van der Waals surface area contributed by atoms with Crippen LogP contribution < -0.4 is 4.74 Å². The Labute approximate surface area is 182 Å². The number of aliphatic hydroxyl groups excluding tert-OH is 3. The number of unbranched alkanes of at least 4 members (excludes halogenated alkanes) is 1. The van der Waals surface area contributed by atoms with Crippen LogP contribution in [0.25, 0.3) is 0 Å². The van der Waals surface area contributed by atoms with Gasteiger partial charge in [-0.15, -0.1) is 0 Å². The molecule has 0 radical (unpaired) electrons. The number of methoxy groups -OCH3 is 1. The number of rotatable bonds is 11. The van der Waals surface area contributed by atoms with Gasteiger partial charge < -0.3 is 24.8 Å². The smallest absolute Gasteiger partial charge is 0.305 e. The monoisotopic (exact) mass is 438 g/mol. The molecule has 6 nitrogen and oxygen atoms in total. The second kappa shape index (κ2) is 12.7. The van der Waals surface area contributed by atoms with Crippen LogP contribution >= 0.6 is 11.6 Å². The van der Waals surface area contributed by atoms with E-state index < -0.39 is 18.3 Å². The van der Waals surface area contributed by atoms with Crippen LogP contribution in [-0.4, -0.2) is 53.3 Å². The van der Waals surface area contributed by atoms with Gasteiger partial charge in [-0.25, -0.2) is 0 Å². The normalized spacial score (nSPS) is 25.1. The number of carbonyl (C=O) groups is 1. The van der Waals surface area contributed by atoms with Crippen molar-refractivity contribution in [1.29, 1.82) is 0 Å². The third kappa shape index (κ3) is 8.11. The van der Waals surface area contributed by atoms with Crippen molar-refractivity contribution >= 4 is 17.6 Å². The molecular weight excluding hydrogens is 408 g/mol. The van der Waals surface area contributed by atoms with Crippen LogP contribution in [0.2, 0.25) is 5.02 Å². The minimum absolute atomic E-state index is 0.0625. The molecule has 1 aromatic carbocycles. The second-order valence-electron chi connectivity index (χ2n) is 7.51. The molecule has 2 rings (SSSR count). The Morgan fingerprint density at radius 3 is 2.83 bits per heavy atom. The van der Waals surface area contributed by atoms with Gasteiger partial charge in [-0.05, 0) is 43.4 Å². The summed E-state index contributed by atoms with van der Waals surface area (Å²) >= 11 is 5.91. The van der Waals surface area contributed by atoms with Crippen LogP contribution in [0.4, 0.5) is 0 Å². The van der Waals surface area contributed by atoms with E-state index in [1.807, 2.05) is 12.2 Å². The number of halogens is 1. The van der Waals surface area contributed by atoms with Gasteiger partial charge in [0.25, 0.3) is 0 Å². The van der Waals surface area contributed by atoms with Crippen LogP contribution in [0.3, 0.4) is 0 Å². The van der Waals surface area contributed by atoms with E-state index in [1.165, 1.54) is 7.11 Å². The fourth-order valence-corrected chi connectivity index (χ4v) is 3.77. The maximum absolute atomic E-state index is 11.1. The first kappa shape index (κ1) is 24.4. The van der Waals surface area contributed by atoms with E-state index >= 15 is 0 Å². The Morgan fingerprint density at radius 1 is 1.30 bits per heavy atom. The molecular formula is C23H31ClO6. The van der Waals surface area contributed by atoms with Gasteiger partial charge in [0.1, 0.15) is 18.5 Å². The molecule has 0 amide bonds. The molecule has 5 atom stereocenters. The Hall–Kier alpha value is -1.86. The highest BCUT2D eigenvalue weighted by molar-refractivity contribution is 6.30. The molecule has 7 heteroatoms. The van der Waals surface area contributed by atoms with Crippen molar-refractivity contribution in [3.05, 3.63) is 53.6 Å². The molecule has 0 heterocycles. The van der Waals surface area contributed by atoms with Gasteiger partial charge in [0.2, 0.25) is 0 Å². The Balaban J connectivity index is 1.81. The van der Waals surface area contributed by atoms with Gasteiger partial charge in [-0.1, -0.05) is 42.0 Å². The topological polar surface area (TPSA) is 96.2 Å². The summed E-state index contributed by atoms with van der Waals surface area (Å²) in [5.74, 6) is -0.0305. The van der Waals surface area contributed by atoms with Gasteiger partial charge in [-0.2, -0.15) is 0 Å². The van der Waals surface area contributed by atoms with Crippen molar-refractivity contribution in [2.45, 2.75) is 50.4 Å². The van der Waals surface area contributed by atoms with Crippen molar-refractivity contribution < 1.29 is 29.6 Å². The number of esters is 1. The predicted molar refractivity (Wildman–Crippen MR) is 115 cm³/mol. The van der Waals surface area contributed by atoms with Gasteiger partial charge in [0, 0.05) is 23.8 Å². The Morgan fingerprint density at radius 2 is 2.10 bits per heavy atom. The number of carbonyl (C=O) groups excluding carboxylic acids is 1.